The number of rotatable bonds is 7. The van der Waals surface area contributed by atoms with Gasteiger partial charge in [-0.15, -0.1) is 0 Å². The van der Waals surface area contributed by atoms with Crippen LogP contribution in [0.3, 0.4) is 0 Å². The number of nitrogens with zero attached hydrogens (tertiary/aromatic N) is 3. The number of urea groups is 1. The summed E-state index contributed by atoms with van der Waals surface area (Å²) in [4.78, 5) is 17.3. The zero-order valence-corrected chi connectivity index (χ0v) is 21.9. The molecule has 6 rings (SSSR count). The summed E-state index contributed by atoms with van der Waals surface area (Å²) in [5.41, 5.74) is 4.85. The minimum absolute atomic E-state index is 0.156. The topological polar surface area (TPSA) is 104 Å². The summed E-state index contributed by atoms with van der Waals surface area (Å²) < 4.78 is 2.46. The lowest BCUT2D eigenvalue weighted by molar-refractivity contribution is 0.251. The van der Waals surface area contributed by atoms with Crippen molar-refractivity contribution in [3.05, 3.63) is 107 Å². The lowest BCUT2D eigenvalue weighted by atomic mass is 10.1. The summed E-state index contributed by atoms with van der Waals surface area (Å²) >= 11 is 3.51. The van der Waals surface area contributed by atoms with Gasteiger partial charge in [0.25, 0.3) is 0 Å². The number of nitrogens with one attached hydrogen (secondary N) is 3. The van der Waals surface area contributed by atoms with Gasteiger partial charge in [-0.2, -0.15) is 9.61 Å². The van der Waals surface area contributed by atoms with Crippen molar-refractivity contribution in [2.75, 3.05) is 10.6 Å². The number of phenols is 1. The van der Waals surface area contributed by atoms with E-state index in [1.165, 1.54) is 5.56 Å². The third-order valence-corrected chi connectivity index (χ3v) is 7.16. The van der Waals surface area contributed by atoms with E-state index < -0.39 is 0 Å². The molecular weight excluding hydrogens is 544 g/mol. The highest BCUT2D eigenvalue weighted by Crippen LogP contribution is 2.40. The molecule has 0 aliphatic heterocycles. The van der Waals surface area contributed by atoms with Crippen LogP contribution in [0.25, 0.3) is 16.9 Å². The molecule has 2 aromatic heterocycles. The minimum Gasteiger partial charge on any atom is -0.507 e. The predicted molar refractivity (Wildman–Crippen MR) is 151 cm³/mol. The lowest BCUT2D eigenvalue weighted by Crippen LogP contribution is -2.31. The Balaban J connectivity index is 1.14. The summed E-state index contributed by atoms with van der Waals surface area (Å²) in [6.45, 7) is 0.493. The highest BCUT2D eigenvalue weighted by atomic mass is 79.9. The molecule has 1 fully saturated rings. The Morgan fingerprint density at radius 2 is 1.84 bits per heavy atom. The Bertz CT molecular complexity index is 1620. The maximum absolute atomic E-state index is 12.6. The Morgan fingerprint density at radius 1 is 1.03 bits per heavy atom. The molecule has 9 heteroatoms. The summed E-state index contributed by atoms with van der Waals surface area (Å²) in [6.07, 6.45) is 2.64. The number of phenolic OH excluding ortho intramolecular Hbond substituents is 1. The van der Waals surface area contributed by atoms with Crippen molar-refractivity contribution in [1.82, 2.24) is 19.9 Å². The van der Waals surface area contributed by atoms with E-state index in [1.807, 2.05) is 60.7 Å². The number of benzene rings is 3. The van der Waals surface area contributed by atoms with Gasteiger partial charge in [0.15, 0.2) is 5.65 Å². The van der Waals surface area contributed by atoms with E-state index in [9.17, 15) is 9.90 Å². The molecule has 2 heterocycles. The highest BCUT2D eigenvalue weighted by Gasteiger charge is 2.39. The lowest BCUT2D eigenvalue weighted by Gasteiger charge is -2.13. The van der Waals surface area contributed by atoms with Crippen LogP contribution in [0.2, 0.25) is 0 Å². The highest BCUT2D eigenvalue weighted by molar-refractivity contribution is 9.10. The molecule has 38 heavy (non-hydrogen) atoms. The fourth-order valence-electron chi connectivity index (χ4n) is 4.60. The maximum Gasteiger partial charge on any atom is 0.319 e. The Labute approximate surface area is 227 Å². The molecule has 2 atom stereocenters. The molecule has 0 saturated heterocycles. The first-order chi connectivity index (χ1) is 18.5. The molecule has 1 aliphatic carbocycles. The molecule has 190 valence electrons. The van der Waals surface area contributed by atoms with Crippen molar-refractivity contribution in [3.8, 4) is 17.0 Å². The Morgan fingerprint density at radius 3 is 2.68 bits per heavy atom. The monoisotopic (exact) mass is 568 g/mol. The molecule has 4 N–H and O–H groups in total. The molecule has 0 bridgehead atoms. The minimum atomic E-state index is -0.205. The molecule has 5 aromatic rings. The van der Waals surface area contributed by atoms with Crippen molar-refractivity contribution >= 4 is 39.1 Å². The van der Waals surface area contributed by atoms with Gasteiger partial charge in [-0.25, -0.2) is 9.78 Å². The number of carbonyl (C=O) groups excluding carboxylic acids is 1. The van der Waals surface area contributed by atoms with Crippen molar-refractivity contribution in [3.63, 3.8) is 0 Å². The first kappa shape index (κ1) is 24.0. The SMILES string of the molecule is O=C(Nc1cccc(CNc2cc(-c3ccccc3O)nc3c(Br)cnn23)c1)N[C@@H]1C[C@H]1c1ccccc1. The number of para-hydroxylation sites is 1. The first-order valence-electron chi connectivity index (χ1n) is 12.3. The van der Waals surface area contributed by atoms with Crippen molar-refractivity contribution < 1.29 is 9.90 Å². The third-order valence-electron chi connectivity index (χ3n) is 6.60. The summed E-state index contributed by atoms with van der Waals surface area (Å²) in [5.74, 6) is 1.25. The number of anilines is 2. The number of halogens is 1. The van der Waals surface area contributed by atoms with E-state index in [-0.39, 0.29) is 17.8 Å². The number of aromatic hydroxyl groups is 1. The zero-order chi connectivity index (χ0) is 26.1. The van der Waals surface area contributed by atoms with E-state index in [0.717, 1.165) is 28.0 Å². The van der Waals surface area contributed by atoms with Crippen LogP contribution in [0.15, 0.2) is 95.6 Å². The summed E-state index contributed by atoms with van der Waals surface area (Å²) in [7, 11) is 0. The predicted octanol–water partition coefficient (Wildman–Crippen LogP) is 6.15. The Kier molecular flexibility index (Phi) is 6.43. The first-order valence-corrected chi connectivity index (χ1v) is 13.1. The van der Waals surface area contributed by atoms with Crippen LogP contribution >= 0.6 is 15.9 Å². The van der Waals surface area contributed by atoms with Crippen LogP contribution in [0.1, 0.15) is 23.5 Å². The van der Waals surface area contributed by atoms with Crippen molar-refractivity contribution in [2.45, 2.75) is 24.9 Å². The Hall–Kier alpha value is -4.37. The average molecular weight is 569 g/mol. The summed E-state index contributed by atoms with van der Waals surface area (Å²) in [6, 6.07) is 26.9. The van der Waals surface area contributed by atoms with E-state index in [2.05, 4.69) is 54.1 Å². The van der Waals surface area contributed by atoms with Gasteiger partial charge in [0, 0.05) is 35.8 Å². The maximum atomic E-state index is 12.6. The standard InChI is InChI=1S/C29H25BrN6O2/c30-23-17-32-36-27(15-25(34-28(23)36)21-11-4-5-12-26(21)37)31-16-18-7-6-10-20(13-18)33-29(38)35-24-14-22(24)19-8-2-1-3-9-19/h1-13,15,17,22,24,31,37H,14,16H2,(H2,33,35,38)/t22-,24+/m0/s1. The number of amides is 2. The smallest absolute Gasteiger partial charge is 0.319 e. The van der Waals surface area contributed by atoms with Crippen LogP contribution in [0, 0.1) is 0 Å². The van der Waals surface area contributed by atoms with Gasteiger partial charge in [0.2, 0.25) is 0 Å². The van der Waals surface area contributed by atoms with Crippen molar-refractivity contribution in [2.24, 2.45) is 0 Å². The number of aromatic nitrogens is 3. The fourth-order valence-corrected chi connectivity index (χ4v) is 4.95. The van der Waals surface area contributed by atoms with Gasteiger partial charge in [-0.05, 0) is 57.7 Å². The van der Waals surface area contributed by atoms with E-state index in [4.69, 9.17) is 0 Å². The number of hydrogen-bond acceptors (Lipinski definition) is 5. The van der Waals surface area contributed by atoms with Crippen LogP contribution in [-0.2, 0) is 6.54 Å². The molecule has 0 unspecified atom stereocenters. The molecule has 8 nitrogen and oxygen atoms in total. The van der Waals surface area contributed by atoms with Gasteiger partial charge < -0.3 is 21.1 Å². The van der Waals surface area contributed by atoms with Gasteiger partial charge in [0.1, 0.15) is 11.6 Å². The van der Waals surface area contributed by atoms with Crippen LogP contribution in [0.5, 0.6) is 5.75 Å². The molecule has 0 radical (unpaired) electrons. The molecule has 1 saturated carbocycles. The van der Waals surface area contributed by atoms with Gasteiger partial charge in [-0.3, -0.25) is 0 Å². The number of carbonyl (C=O) groups is 1. The van der Waals surface area contributed by atoms with E-state index in [1.54, 1.807) is 22.8 Å². The molecule has 1 aliphatic rings. The van der Waals surface area contributed by atoms with Gasteiger partial charge >= 0.3 is 6.03 Å². The second-order valence-corrected chi connectivity index (χ2v) is 10.1. The second kappa shape index (κ2) is 10.2. The zero-order valence-electron chi connectivity index (χ0n) is 20.3. The van der Waals surface area contributed by atoms with Crippen LogP contribution in [0.4, 0.5) is 16.3 Å². The largest absolute Gasteiger partial charge is 0.507 e. The quantitative estimate of drug-likeness (QED) is 0.188. The van der Waals surface area contributed by atoms with Gasteiger partial charge in [-0.1, -0.05) is 54.6 Å². The average Bonchev–Trinajstić information content (AvgIpc) is 3.60. The van der Waals surface area contributed by atoms with Crippen LogP contribution in [-0.4, -0.2) is 31.8 Å². The van der Waals surface area contributed by atoms with Gasteiger partial charge in [0.05, 0.1) is 16.4 Å². The number of hydrogen-bond donors (Lipinski definition) is 4. The molecule has 2 amide bonds. The molecular formula is C29H25BrN6O2. The summed E-state index contributed by atoms with van der Waals surface area (Å²) in [5, 5.41) is 24.2. The van der Waals surface area contributed by atoms with E-state index >= 15 is 0 Å². The fraction of sp³-hybridized carbons (Fsp3) is 0.138. The second-order valence-electron chi connectivity index (χ2n) is 9.28. The molecule has 3 aromatic carbocycles. The van der Waals surface area contributed by atoms with Crippen molar-refractivity contribution in [1.29, 1.82) is 0 Å². The van der Waals surface area contributed by atoms with Crippen LogP contribution < -0.4 is 16.0 Å². The third kappa shape index (κ3) is 5.05. The molecule has 0 spiro atoms. The number of fused-ring (bicyclic) bond motifs is 1. The normalized spacial score (nSPS) is 16.2. The van der Waals surface area contributed by atoms with E-state index in [0.29, 0.717) is 29.4 Å².